The fourth-order valence-corrected chi connectivity index (χ4v) is 4.22. The van der Waals surface area contributed by atoms with Crippen LogP contribution in [-0.2, 0) is 6.18 Å². The van der Waals surface area contributed by atoms with Gasteiger partial charge in [-0.1, -0.05) is 24.3 Å². The van der Waals surface area contributed by atoms with Gasteiger partial charge in [0.2, 0.25) is 5.76 Å². The van der Waals surface area contributed by atoms with Crippen LogP contribution in [0, 0.1) is 6.92 Å². The van der Waals surface area contributed by atoms with Crippen molar-refractivity contribution in [2.24, 2.45) is 0 Å². The predicted molar refractivity (Wildman–Crippen MR) is 108 cm³/mol. The fourth-order valence-electron chi connectivity index (χ4n) is 4.22. The number of hydrogen-bond acceptors (Lipinski definition) is 2. The number of benzene rings is 4. The first-order valence-corrected chi connectivity index (χ1v) is 9.17. The minimum absolute atomic E-state index is 0.237. The van der Waals surface area contributed by atoms with E-state index in [9.17, 15) is 13.2 Å². The Morgan fingerprint density at radius 3 is 1.72 bits per heavy atom. The van der Waals surface area contributed by atoms with E-state index in [-0.39, 0.29) is 5.58 Å². The Kier molecular flexibility index (Phi) is 3.02. The second-order valence-corrected chi connectivity index (χ2v) is 7.41. The minimum atomic E-state index is -4.50. The summed E-state index contributed by atoms with van der Waals surface area (Å²) in [5, 5.41) is 7.40. The lowest BCUT2D eigenvalue weighted by Crippen LogP contribution is -2.01. The molecule has 2 nitrogen and oxygen atoms in total. The van der Waals surface area contributed by atoms with E-state index in [1.165, 1.54) is 0 Å². The van der Waals surface area contributed by atoms with Crippen molar-refractivity contribution in [2.45, 2.75) is 13.1 Å². The average Bonchev–Trinajstić information content (AvgIpc) is 3.25. The summed E-state index contributed by atoms with van der Waals surface area (Å²) in [4.78, 5) is 0. The molecule has 142 valence electrons. The van der Waals surface area contributed by atoms with Gasteiger partial charge in [0.25, 0.3) is 0 Å². The third kappa shape index (κ3) is 2.37. The van der Waals surface area contributed by atoms with Crippen molar-refractivity contribution in [3.05, 3.63) is 72.2 Å². The molecule has 0 saturated heterocycles. The number of hydrogen-bond donors (Lipinski definition) is 0. The molecule has 0 N–H and O–H groups in total. The first-order valence-electron chi connectivity index (χ1n) is 9.17. The van der Waals surface area contributed by atoms with Crippen LogP contribution in [0.3, 0.4) is 0 Å². The van der Waals surface area contributed by atoms with E-state index in [0.29, 0.717) is 5.39 Å². The van der Waals surface area contributed by atoms with E-state index < -0.39 is 11.9 Å². The van der Waals surface area contributed by atoms with Gasteiger partial charge in [0.15, 0.2) is 0 Å². The normalized spacial score (nSPS) is 12.8. The van der Waals surface area contributed by atoms with Crippen molar-refractivity contribution < 1.29 is 22.0 Å². The van der Waals surface area contributed by atoms with Gasteiger partial charge in [-0.25, -0.2) is 0 Å². The Morgan fingerprint density at radius 1 is 0.586 bits per heavy atom. The van der Waals surface area contributed by atoms with E-state index in [4.69, 9.17) is 8.83 Å². The third-order valence-corrected chi connectivity index (χ3v) is 5.51. The van der Waals surface area contributed by atoms with Crippen molar-refractivity contribution in [3.8, 4) is 0 Å². The second kappa shape index (κ2) is 5.32. The lowest BCUT2D eigenvalue weighted by Gasteiger charge is -2.08. The molecule has 0 atom stereocenters. The number of rotatable bonds is 0. The van der Waals surface area contributed by atoms with Gasteiger partial charge in [-0.15, -0.1) is 0 Å². The molecule has 0 saturated carbocycles. The highest BCUT2D eigenvalue weighted by Gasteiger charge is 2.35. The smallest absolute Gasteiger partial charge is 0.449 e. The van der Waals surface area contributed by atoms with Crippen molar-refractivity contribution >= 4 is 54.3 Å². The van der Waals surface area contributed by atoms with Gasteiger partial charge in [-0.05, 0) is 75.6 Å². The third-order valence-electron chi connectivity index (χ3n) is 5.51. The summed E-state index contributed by atoms with van der Waals surface area (Å²) >= 11 is 0. The summed E-state index contributed by atoms with van der Waals surface area (Å²) in [5.74, 6) is -0.122. The van der Waals surface area contributed by atoms with Crippen molar-refractivity contribution in [1.82, 2.24) is 0 Å². The van der Waals surface area contributed by atoms with E-state index in [1.54, 1.807) is 12.1 Å². The van der Waals surface area contributed by atoms with Gasteiger partial charge in [0, 0.05) is 10.8 Å². The number of furan rings is 2. The van der Waals surface area contributed by atoms with Crippen LogP contribution in [0.25, 0.3) is 54.3 Å². The van der Waals surface area contributed by atoms with Gasteiger partial charge in [0.05, 0.1) is 0 Å². The van der Waals surface area contributed by atoms with Crippen molar-refractivity contribution in [1.29, 1.82) is 0 Å². The van der Waals surface area contributed by atoms with Crippen LogP contribution < -0.4 is 0 Å². The predicted octanol–water partition coefficient (Wildman–Crippen LogP) is 7.97. The van der Waals surface area contributed by atoms with Gasteiger partial charge in [-0.2, -0.15) is 13.2 Å². The largest absolute Gasteiger partial charge is 0.461 e. The maximum absolute atomic E-state index is 13.0. The van der Waals surface area contributed by atoms with Crippen LogP contribution >= 0.6 is 0 Å². The van der Waals surface area contributed by atoms with Crippen LogP contribution in [0.2, 0.25) is 0 Å². The molecule has 0 unspecified atom stereocenters. The second-order valence-electron chi connectivity index (χ2n) is 7.41. The molecule has 0 amide bonds. The molecule has 5 heteroatoms. The van der Waals surface area contributed by atoms with Crippen LogP contribution in [0.4, 0.5) is 13.2 Å². The maximum Gasteiger partial charge on any atom is 0.449 e. The average molecular weight is 390 g/mol. The molecule has 6 rings (SSSR count). The van der Waals surface area contributed by atoms with E-state index in [1.807, 2.05) is 43.3 Å². The number of alkyl halides is 3. The van der Waals surface area contributed by atoms with Gasteiger partial charge < -0.3 is 8.83 Å². The summed E-state index contributed by atoms with van der Waals surface area (Å²) in [6, 6.07) is 18.6. The lowest BCUT2D eigenvalue weighted by atomic mass is 9.96. The summed E-state index contributed by atoms with van der Waals surface area (Å²) in [5.41, 5.74) is 1.08. The number of fused-ring (bicyclic) bond motifs is 7. The highest BCUT2D eigenvalue weighted by Crippen LogP contribution is 2.38. The van der Waals surface area contributed by atoms with Crippen LogP contribution in [-0.4, -0.2) is 0 Å². The molecule has 2 aromatic heterocycles. The SMILES string of the molecule is Cc1cc2cc3c(ccc4c5cc6cc(C(F)(F)F)oc6cc5ccc34)cc2o1. The number of aryl methyl sites for hydroxylation is 1. The van der Waals surface area contributed by atoms with Gasteiger partial charge >= 0.3 is 6.18 Å². The summed E-state index contributed by atoms with van der Waals surface area (Å²) in [7, 11) is 0. The van der Waals surface area contributed by atoms with E-state index in [2.05, 4.69) is 6.07 Å². The van der Waals surface area contributed by atoms with Gasteiger partial charge in [0.1, 0.15) is 16.9 Å². The van der Waals surface area contributed by atoms with Crippen molar-refractivity contribution in [3.63, 3.8) is 0 Å². The molecule has 29 heavy (non-hydrogen) atoms. The zero-order chi connectivity index (χ0) is 19.9. The molecule has 0 radical (unpaired) electrons. The zero-order valence-corrected chi connectivity index (χ0v) is 15.2. The van der Waals surface area contributed by atoms with Crippen LogP contribution in [0.1, 0.15) is 11.5 Å². The molecule has 0 spiro atoms. The molecule has 4 aromatic carbocycles. The molecule has 0 bridgehead atoms. The first-order chi connectivity index (χ1) is 13.9. The molecular weight excluding hydrogens is 377 g/mol. The standard InChI is InChI=1S/C24H13F3O2/c1-12-6-15-7-19-13(9-21(15)28-12)2-4-18-17(19)5-3-14-10-22-16(8-20(14)18)11-23(29-22)24(25,26)27/h2-11H,1H3. The Hall–Kier alpha value is -3.47. The molecule has 0 aliphatic heterocycles. The van der Waals surface area contributed by atoms with E-state index in [0.717, 1.165) is 55.1 Å². The van der Waals surface area contributed by atoms with Crippen LogP contribution in [0.5, 0.6) is 0 Å². The summed E-state index contributed by atoms with van der Waals surface area (Å²) in [6.45, 7) is 1.92. The first kappa shape index (κ1) is 16.5. The van der Waals surface area contributed by atoms with E-state index >= 15 is 0 Å². The molecule has 0 aliphatic carbocycles. The highest BCUT2D eigenvalue weighted by molar-refractivity contribution is 6.20. The van der Waals surface area contributed by atoms with Crippen molar-refractivity contribution in [2.75, 3.05) is 0 Å². The molecule has 2 heterocycles. The topological polar surface area (TPSA) is 26.3 Å². The Balaban J connectivity index is 1.70. The van der Waals surface area contributed by atoms with Gasteiger partial charge in [-0.3, -0.25) is 0 Å². The quantitative estimate of drug-likeness (QED) is 0.246. The zero-order valence-electron chi connectivity index (χ0n) is 15.2. The number of halogens is 3. The summed E-state index contributed by atoms with van der Waals surface area (Å²) in [6.07, 6.45) is -4.50. The molecule has 6 aromatic rings. The molecular formula is C24H13F3O2. The monoisotopic (exact) mass is 390 g/mol. The summed E-state index contributed by atoms with van der Waals surface area (Å²) < 4.78 is 49.9. The Labute approximate surface area is 162 Å². The Morgan fingerprint density at radius 2 is 1.14 bits per heavy atom. The molecule has 0 aliphatic rings. The minimum Gasteiger partial charge on any atom is -0.461 e. The Bertz CT molecular complexity index is 1600. The van der Waals surface area contributed by atoms with Crippen LogP contribution in [0.15, 0.2) is 69.5 Å². The lowest BCUT2D eigenvalue weighted by molar-refractivity contribution is -0.152. The highest BCUT2D eigenvalue weighted by atomic mass is 19.4. The maximum atomic E-state index is 13.0. The molecule has 0 fully saturated rings. The fraction of sp³-hybridized carbons (Fsp3) is 0.0833.